The highest BCUT2D eigenvalue weighted by molar-refractivity contribution is 7.99. The molecule has 10 heteroatoms. The lowest BCUT2D eigenvalue weighted by atomic mass is 10.1. The highest BCUT2D eigenvalue weighted by Gasteiger charge is 2.26. The number of aryl methyl sites for hydroxylation is 2. The van der Waals surface area contributed by atoms with Gasteiger partial charge in [-0.25, -0.2) is 9.78 Å². The van der Waals surface area contributed by atoms with Crippen LogP contribution in [0.5, 0.6) is 0 Å². The highest BCUT2D eigenvalue weighted by atomic mass is 32.2. The Bertz CT molecular complexity index is 1320. The van der Waals surface area contributed by atoms with E-state index in [4.69, 9.17) is 5.73 Å². The van der Waals surface area contributed by atoms with Gasteiger partial charge < -0.3 is 10.6 Å². The average Bonchev–Trinajstić information content (AvgIpc) is 3.22. The van der Waals surface area contributed by atoms with Crippen LogP contribution in [0.1, 0.15) is 38.8 Å². The molecule has 0 radical (unpaired) electrons. The number of carbonyl (C=O) groups excluding carboxylic acids is 1. The Morgan fingerprint density at radius 3 is 2.51 bits per heavy atom. The zero-order chi connectivity index (χ0) is 25.9. The maximum atomic E-state index is 13.4. The second kappa shape index (κ2) is 11.0. The molecule has 0 atom stereocenters. The van der Waals surface area contributed by atoms with Gasteiger partial charge in [-0.05, 0) is 37.3 Å². The molecular formula is C25H34N6O3S. The van der Waals surface area contributed by atoms with E-state index in [1.807, 2.05) is 64.4 Å². The van der Waals surface area contributed by atoms with Crippen molar-refractivity contribution in [2.75, 3.05) is 22.9 Å². The van der Waals surface area contributed by atoms with Gasteiger partial charge in [0.1, 0.15) is 5.82 Å². The van der Waals surface area contributed by atoms with Crippen LogP contribution in [0.3, 0.4) is 0 Å². The largest absolute Gasteiger partial charge is 0.383 e. The third-order valence-electron chi connectivity index (χ3n) is 5.42. The minimum atomic E-state index is -0.664. The monoisotopic (exact) mass is 498 g/mol. The SMILES string of the molecule is Cc1ccc(-n2ccnc2SCC(=O)N(CC(C)C)c2c(N)n(CC(C)C)c(=O)[nH]c2=O)c(C)c1. The van der Waals surface area contributed by atoms with Gasteiger partial charge in [0.05, 0.1) is 11.4 Å². The molecule has 0 aliphatic rings. The summed E-state index contributed by atoms with van der Waals surface area (Å²) < 4.78 is 3.27. The summed E-state index contributed by atoms with van der Waals surface area (Å²) in [5, 5.41) is 0.668. The summed E-state index contributed by atoms with van der Waals surface area (Å²) in [5.41, 5.74) is 8.33. The maximum absolute atomic E-state index is 13.4. The van der Waals surface area contributed by atoms with E-state index in [2.05, 4.69) is 16.0 Å². The van der Waals surface area contributed by atoms with Gasteiger partial charge in [-0.15, -0.1) is 0 Å². The van der Waals surface area contributed by atoms with E-state index >= 15 is 0 Å². The standard InChI is InChI=1S/C25H34N6O3S/c1-15(2)12-30(21-22(26)31(13-16(3)4)24(34)28-23(21)33)20(32)14-35-25-27-9-10-29(25)19-8-7-17(5)11-18(19)6/h7-11,15-16H,12-14,26H2,1-6H3,(H,28,33,34). The van der Waals surface area contributed by atoms with Crippen molar-refractivity contribution in [1.82, 2.24) is 19.1 Å². The smallest absolute Gasteiger partial charge is 0.330 e. The quantitative estimate of drug-likeness (QED) is 0.437. The van der Waals surface area contributed by atoms with E-state index in [1.165, 1.54) is 26.8 Å². The number of hydrogen-bond acceptors (Lipinski definition) is 6. The topological polar surface area (TPSA) is 119 Å². The van der Waals surface area contributed by atoms with Crippen molar-refractivity contribution in [2.24, 2.45) is 11.8 Å². The molecule has 188 valence electrons. The number of nitrogens with two attached hydrogens (primary N) is 1. The molecule has 0 spiro atoms. The predicted octanol–water partition coefficient (Wildman–Crippen LogP) is 3.36. The minimum Gasteiger partial charge on any atom is -0.383 e. The van der Waals surface area contributed by atoms with Gasteiger partial charge in [-0.1, -0.05) is 57.2 Å². The highest BCUT2D eigenvalue weighted by Crippen LogP contribution is 2.25. The molecule has 0 unspecified atom stereocenters. The number of aromatic nitrogens is 4. The van der Waals surface area contributed by atoms with Crippen LogP contribution in [0.15, 0.2) is 45.3 Å². The first-order valence-corrected chi connectivity index (χ1v) is 12.6. The Morgan fingerprint density at radius 1 is 1.17 bits per heavy atom. The lowest BCUT2D eigenvalue weighted by Gasteiger charge is -2.26. The van der Waals surface area contributed by atoms with Crippen LogP contribution in [0.2, 0.25) is 0 Å². The number of nitrogen functional groups attached to an aromatic ring is 1. The molecule has 35 heavy (non-hydrogen) atoms. The molecule has 2 aromatic heterocycles. The number of benzene rings is 1. The first-order chi connectivity index (χ1) is 16.5. The van der Waals surface area contributed by atoms with Crippen molar-refractivity contribution < 1.29 is 4.79 Å². The molecule has 0 bridgehead atoms. The van der Waals surface area contributed by atoms with E-state index in [1.54, 1.807) is 6.20 Å². The number of thioether (sulfide) groups is 1. The molecule has 3 rings (SSSR count). The third kappa shape index (κ3) is 6.05. The van der Waals surface area contributed by atoms with Gasteiger partial charge in [0.25, 0.3) is 5.56 Å². The van der Waals surface area contributed by atoms with E-state index in [0.717, 1.165) is 11.3 Å². The molecule has 0 saturated heterocycles. The van der Waals surface area contributed by atoms with Crippen molar-refractivity contribution in [3.05, 3.63) is 62.6 Å². The maximum Gasteiger partial charge on any atom is 0.330 e. The van der Waals surface area contributed by atoms with Crippen molar-refractivity contribution >= 4 is 29.2 Å². The molecule has 2 heterocycles. The number of anilines is 2. The summed E-state index contributed by atoms with van der Waals surface area (Å²) >= 11 is 1.29. The Hall–Kier alpha value is -3.27. The fraction of sp³-hybridized carbons (Fsp3) is 0.440. The van der Waals surface area contributed by atoms with Crippen LogP contribution in [0.25, 0.3) is 5.69 Å². The van der Waals surface area contributed by atoms with Crippen LogP contribution in [0.4, 0.5) is 11.5 Å². The second-order valence-electron chi connectivity index (χ2n) is 9.55. The molecular weight excluding hydrogens is 464 g/mol. The first kappa shape index (κ1) is 26.3. The molecule has 1 amide bonds. The number of hydrogen-bond donors (Lipinski definition) is 2. The number of nitrogens with one attached hydrogen (secondary N) is 1. The number of nitrogens with zero attached hydrogens (tertiary/aromatic N) is 4. The summed E-state index contributed by atoms with van der Waals surface area (Å²) in [4.78, 5) is 46.8. The number of aromatic amines is 1. The van der Waals surface area contributed by atoms with Crippen LogP contribution in [0, 0.1) is 25.7 Å². The van der Waals surface area contributed by atoms with Gasteiger partial charge in [-0.3, -0.25) is 23.7 Å². The van der Waals surface area contributed by atoms with Crippen LogP contribution < -0.4 is 21.9 Å². The van der Waals surface area contributed by atoms with Crippen molar-refractivity contribution in [2.45, 2.75) is 53.2 Å². The zero-order valence-electron chi connectivity index (χ0n) is 21.2. The zero-order valence-corrected chi connectivity index (χ0v) is 22.0. The fourth-order valence-corrected chi connectivity index (χ4v) is 4.77. The van der Waals surface area contributed by atoms with E-state index in [9.17, 15) is 14.4 Å². The normalized spacial score (nSPS) is 11.4. The fourth-order valence-electron chi connectivity index (χ4n) is 3.93. The number of carbonyl (C=O) groups is 1. The minimum absolute atomic E-state index is 0.00299. The van der Waals surface area contributed by atoms with Crippen LogP contribution >= 0.6 is 11.8 Å². The molecule has 0 fully saturated rings. The predicted molar refractivity (Wildman–Crippen MR) is 142 cm³/mol. The molecule has 3 aromatic rings. The van der Waals surface area contributed by atoms with Gasteiger partial charge in [0, 0.05) is 25.5 Å². The molecule has 0 saturated carbocycles. The Morgan fingerprint density at radius 2 is 1.89 bits per heavy atom. The van der Waals surface area contributed by atoms with Gasteiger partial charge in [0.2, 0.25) is 5.91 Å². The van der Waals surface area contributed by atoms with E-state index in [0.29, 0.717) is 11.7 Å². The average molecular weight is 499 g/mol. The molecule has 1 aromatic carbocycles. The van der Waals surface area contributed by atoms with Crippen molar-refractivity contribution in [1.29, 1.82) is 0 Å². The van der Waals surface area contributed by atoms with Crippen LogP contribution in [-0.4, -0.2) is 37.3 Å². The van der Waals surface area contributed by atoms with Crippen molar-refractivity contribution in [3.63, 3.8) is 0 Å². The number of imidazole rings is 1. The number of H-pyrrole nitrogens is 1. The molecule has 9 nitrogen and oxygen atoms in total. The summed E-state index contributed by atoms with van der Waals surface area (Å²) in [5.74, 6) is -0.0290. The third-order valence-corrected chi connectivity index (χ3v) is 6.38. The Balaban J connectivity index is 1.92. The Labute approximate surface area is 209 Å². The first-order valence-electron chi connectivity index (χ1n) is 11.7. The summed E-state index contributed by atoms with van der Waals surface area (Å²) in [7, 11) is 0. The Kier molecular flexibility index (Phi) is 8.26. The van der Waals surface area contributed by atoms with E-state index < -0.39 is 11.2 Å². The number of rotatable bonds is 9. The lowest BCUT2D eigenvalue weighted by molar-refractivity contribution is -0.116. The van der Waals surface area contributed by atoms with Gasteiger partial charge >= 0.3 is 5.69 Å². The van der Waals surface area contributed by atoms with E-state index in [-0.39, 0.29) is 41.5 Å². The molecule has 0 aliphatic heterocycles. The summed E-state index contributed by atoms with van der Waals surface area (Å²) in [6.45, 7) is 12.5. The van der Waals surface area contributed by atoms with Crippen molar-refractivity contribution in [3.8, 4) is 5.69 Å². The molecule has 0 aliphatic carbocycles. The van der Waals surface area contributed by atoms with Gasteiger partial charge in [-0.2, -0.15) is 0 Å². The summed E-state index contributed by atoms with van der Waals surface area (Å²) in [6.07, 6.45) is 3.56. The second-order valence-corrected chi connectivity index (χ2v) is 10.5. The molecule has 3 N–H and O–H groups in total. The van der Waals surface area contributed by atoms with Crippen LogP contribution in [-0.2, 0) is 11.3 Å². The van der Waals surface area contributed by atoms with Gasteiger partial charge in [0.15, 0.2) is 10.8 Å². The number of amides is 1. The summed E-state index contributed by atoms with van der Waals surface area (Å²) in [6, 6.07) is 6.16. The lowest BCUT2D eigenvalue weighted by Crippen LogP contribution is -2.43.